The van der Waals surface area contributed by atoms with E-state index in [4.69, 9.17) is 4.74 Å². The fourth-order valence-corrected chi connectivity index (χ4v) is 4.37. The van der Waals surface area contributed by atoms with Crippen LogP contribution in [-0.2, 0) is 9.59 Å². The van der Waals surface area contributed by atoms with Crippen molar-refractivity contribution in [3.05, 3.63) is 70.3 Å². The van der Waals surface area contributed by atoms with Gasteiger partial charge in [0.25, 0.3) is 11.7 Å². The lowest BCUT2D eigenvalue weighted by Gasteiger charge is -2.27. The molecule has 0 spiro atoms. The van der Waals surface area contributed by atoms with Gasteiger partial charge >= 0.3 is 0 Å². The molecule has 1 atom stereocenters. The summed E-state index contributed by atoms with van der Waals surface area (Å²) in [6.45, 7) is 7.26. The second kappa shape index (κ2) is 10.2. The van der Waals surface area contributed by atoms with E-state index in [0.717, 1.165) is 35.4 Å². The topological polar surface area (TPSA) is 70.1 Å². The molecular formula is C27H34N2O4. The van der Waals surface area contributed by atoms with Crippen molar-refractivity contribution < 1.29 is 19.4 Å². The summed E-state index contributed by atoms with van der Waals surface area (Å²) in [5, 5.41) is 11.4. The minimum atomic E-state index is -0.646. The summed E-state index contributed by atoms with van der Waals surface area (Å²) < 4.78 is 5.46. The number of likely N-dealkylation sites (tertiary alicyclic amines) is 1. The molecule has 1 amide bonds. The quantitative estimate of drug-likeness (QED) is 0.364. The van der Waals surface area contributed by atoms with E-state index >= 15 is 0 Å². The number of rotatable bonds is 8. The van der Waals surface area contributed by atoms with Crippen LogP contribution in [0, 0.1) is 6.92 Å². The number of hydrogen-bond donors (Lipinski definition) is 1. The summed E-state index contributed by atoms with van der Waals surface area (Å²) in [6, 6.07) is 12.4. The summed E-state index contributed by atoms with van der Waals surface area (Å²) in [6.07, 6.45) is 0.725. The SMILES string of the molecule is COc1ccc(/C(O)=C2\C(=O)C(=O)N(CCCN(C)C)C2c2ccccc2C)cc1C(C)C. The fourth-order valence-electron chi connectivity index (χ4n) is 4.37. The van der Waals surface area contributed by atoms with Crippen LogP contribution in [0.5, 0.6) is 5.75 Å². The van der Waals surface area contributed by atoms with Gasteiger partial charge in [-0.25, -0.2) is 0 Å². The fraction of sp³-hybridized carbons (Fsp3) is 0.407. The molecule has 2 aromatic carbocycles. The summed E-state index contributed by atoms with van der Waals surface area (Å²) in [5.41, 5.74) is 3.38. The molecule has 1 aliphatic heterocycles. The molecule has 1 fully saturated rings. The third-order valence-corrected chi connectivity index (χ3v) is 6.15. The Hall–Kier alpha value is -3.12. The number of nitrogens with zero attached hydrogens (tertiary/aromatic N) is 2. The largest absolute Gasteiger partial charge is 0.507 e. The van der Waals surface area contributed by atoms with E-state index in [-0.39, 0.29) is 17.3 Å². The van der Waals surface area contributed by atoms with Gasteiger partial charge in [-0.3, -0.25) is 9.59 Å². The van der Waals surface area contributed by atoms with Gasteiger partial charge in [0.15, 0.2) is 0 Å². The maximum Gasteiger partial charge on any atom is 0.295 e. The highest BCUT2D eigenvalue weighted by molar-refractivity contribution is 6.46. The molecule has 0 radical (unpaired) electrons. The van der Waals surface area contributed by atoms with Gasteiger partial charge in [0.05, 0.1) is 18.7 Å². The predicted octanol–water partition coefficient (Wildman–Crippen LogP) is 4.50. The lowest BCUT2D eigenvalue weighted by molar-refractivity contribution is -0.139. The number of aryl methyl sites for hydroxylation is 1. The Labute approximate surface area is 196 Å². The van der Waals surface area contributed by atoms with Gasteiger partial charge in [-0.05, 0) is 74.8 Å². The maximum atomic E-state index is 13.2. The monoisotopic (exact) mass is 450 g/mol. The van der Waals surface area contributed by atoms with Gasteiger partial charge in [0.2, 0.25) is 0 Å². The third-order valence-electron chi connectivity index (χ3n) is 6.15. The van der Waals surface area contributed by atoms with Crippen molar-refractivity contribution in [2.24, 2.45) is 0 Å². The highest BCUT2D eigenvalue weighted by Gasteiger charge is 2.46. The maximum absolute atomic E-state index is 13.2. The number of amides is 1. The predicted molar refractivity (Wildman–Crippen MR) is 130 cm³/mol. The highest BCUT2D eigenvalue weighted by atomic mass is 16.5. The molecule has 1 aliphatic rings. The van der Waals surface area contributed by atoms with Gasteiger partial charge in [0.1, 0.15) is 11.5 Å². The number of ketones is 1. The standard InChI is InChI=1S/C27H34N2O4/c1-17(2)21-16-19(12-13-22(21)33-6)25(30)23-24(20-11-8-7-10-18(20)3)29(27(32)26(23)31)15-9-14-28(4)5/h7-8,10-13,16-17,24,30H,9,14-15H2,1-6H3/b25-23+. The Bertz CT molecular complexity index is 1070. The summed E-state index contributed by atoms with van der Waals surface area (Å²) >= 11 is 0. The van der Waals surface area contributed by atoms with Gasteiger partial charge in [-0.2, -0.15) is 0 Å². The van der Waals surface area contributed by atoms with E-state index in [1.54, 1.807) is 24.1 Å². The molecule has 1 unspecified atom stereocenters. The van der Waals surface area contributed by atoms with Crippen LogP contribution < -0.4 is 4.74 Å². The van der Waals surface area contributed by atoms with Crippen molar-refractivity contribution in [2.75, 3.05) is 34.3 Å². The second-order valence-corrected chi connectivity index (χ2v) is 9.12. The molecule has 1 N–H and O–H groups in total. The Morgan fingerprint density at radius 2 is 1.85 bits per heavy atom. The molecule has 0 saturated carbocycles. The van der Waals surface area contributed by atoms with Crippen LogP contribution in [0.15, 0.2) is 48.0 Å². The van der Waals surface area contributed by atoms with E-state index in [9.17, 15) is 14.7 Å². The van der Waals surface area contributed by atoms with Crippen molar-refractivity contribution in [2.45, 2.75) is 39.2 Å². The van der Waals surface area contributed by atoms with Gasteiger partial charge in [-0.15, -0.1) is 0 Å². The number of hydrogen-bond acceptors (Lipinski definition) is 5. The summed E-state index contributed by atoms with van der Waals surface area (Å²) in [5.74, 6) is -0.482. The Balaban J connectivity index is 2.16. The van der Waals surface area contributed by atoms with Crippen molar-refractivity contribution in [1.29, 1.82) is 0 Å². The number of carbonyl (C=O) groups is 2. The summed E-state index contributed by atoms with van der Waals surface area (Å²) in [4.78, 5) is 30.0. The van der Waals surface area contributed by atoms with Crippen LogP contribution >= 0.6 is 0 Å². The number of carbonyl (C=O) groups excluding carboxylic acids is 2. The van der Waals surface area contributed by atoms with Gasteiger partial charge < -0.3 is 19.6 Å². The van der Waals surface area contributed by atoms with Gasteiger partial charge in [-0.1, -0.05) is 38.1 Å². The first kappa shape index (κ1) is 24.5. The Kier molecular flexibility index (Phi) is 7.59. The molecule has 1 heterocycles. The first-order valence-electron chi connectivity index (χ1n) is 11.3. The Morgan fingerprint density at radius 3 is 2.45 bits per heavy atom. The zero-order valence-corrected chi connectivity index (χ0v) is 20.4. The number of benzene rings is 2. The molecular weight excluding hydrogens is 416 g/mol. The molecule has 1 saturated heterocycles. The molecule has 0 bridgehead atoms. The lowest BCUT2D eigenvalue weighted by atomic mass is 9.91. The number of aliphatic hydroxyl groups excluding tert-OH is 1. The average molecular weight is 451 g/mol. The zero-order chi connectivity index (χ0) is 24.3. The molecule has 176 valence electrons. The van der Waals surface area contributed by atoms with Crippen molar-refractivity contribution >= 4 is 17.4 Å². The van der Waals surface area contributed by atoms with E-state index < -0.39 is 17.7 Å². The summed E-state index contributed by atoms with van der Waals surface area (Å²) in [7, 11) is 5.56. The lowest BCUT2D eigenvalue weighted by Crippen LogP contribution is -2.32. The van der Waals surface area contributed by atoms with Crippen LogP contribution in [-0.4, -0.2) is 60.9 Å². The van der Waals surface area contributed by atoms with Crippen LogP contribution in [0.3, 0.4) is 0 Å². The number of methoxy groups -OCH3 is 1. The van der Waals surface area contributed by atoms with Gasteiger partial charge in [0, 0.05) is 12.1 Å². The first-order chi connectivity index (χ1) is 15.7. The van der Waals surface area contributed by atoms with E-state index in [1.165, 1.54) is 0 Å². The highest BCUT2D eigenvalue weighted by Crippen LogP contribution is 2.41. The van der Waals surface area contributed by atoms with Crippen molar-refractivity contribution in [1.82, 2.24) is 9.80 Å². The normalized spacial score (nSPS) is 17.9. The number of Topliss-reactive ketones (excluding diaryl/α,β-unsaturated/α-hetero) is 1. The smallest absolute Gasteiger partial charge is 0.295 e. The second-order valence-electron chi connectivity index (χ2n) is 9.12. The van der Waals surface area contributed by atoms with E-state index in [2.05, 4.69) is 0 Å². The van der Waals surface area contributed by atoms with Crippen molar-refractivity contribution in [3.8, 4) is 5.75 Å². The molecule has 3 rings (SSSR count). The van der Waals surface area contributed by atoms with E-state index in [1.807, 2.05) is 70.1 Å². The molecule has 0 aliphatic carbocycles. The molecule has 0 aromatic heterocycles. The molecule has 6 nitrogen and oxygen atoms in total. The van der Waals surface area contributed by atoms with Crippen LogP contribution in [0.1, 0.15) is 54.5 Å². The molecule has 33 heavy (non-hydrogen) atoms. The molecule has 2 aromatic rings. The van der Waals surface area contributed by atoms with Crippen LogP contribution in [0.4, 0.5) is 0 Å². The minimum Gasteiger partial charge on any atom is -0.507 e. The number of aliphatic hydroxyl groups is 1. The third kappa shape index (κ3) is 4.96. The minimum absolute atomic E-state index is 0.138. The first-order valence-corrected chi connectivity index (χ1v) is 11.3. The van der Waals surface area contributed by atoms with Crippen LogP contribution in [0.2, 0.25) is 0 Å². The zero-order valence-electron chi connectivity index (χ0n) is 20.4. The van der Waals surface area contributed by atoms with E-state index in [0.29, 0.717) is 12.1 Å². The molecule has 6 heteroatoms. The Morgan fingerprint density at radius 1 is 1.15 bits per heavy atom. The van der Waals surface area contributed by atoms with Crippen LogP contribution in [0.25, 0.3) is 5.76 Å². The number of ether oxygens (including phenoxy) is 1. The van der Waals surface area contributed by atoms with Crippen molar-refractivity contribution in [3.63, 3.8) is 0 Å². The average Bonchev–Trinajstić information content (AvgIpc) is 3.03.